The van der Waals surface area contributed by atoms with Crippen molar-refractivity contribution in [2.75, 3.05) is 33.1 Å². The number of rotatable bonds is 10. The molecule has 1 N–H and O–H groups in total. The Hall–Kier alpha value is 0.0818. The van der Waals surface area contributed by atoms with E-state index in [-0.39, 0.29) is 17.9 Å². The van der Waals surface area contributed by atoms with Gasteiger partial charge in [-0.3, -0.25) is 0 Å². The van der Waals surface area contributed by atoms with Gasteiger partial charge in [-0.05, 0) is 18.4 Å². The molecule has 0 saturated carbocycles. The van der Waals surface area contributed by atoms with Crippen LogP contribution in [0.5, 0.6) is 0 Å². The highest BCUT2D eigenvalue weighted by molar-refractivity contribution is 6.76. The first-order valence-electron chi connectivity index (χ1n) is 8.58. The van der Waals surface area contributed by atoms with E-state index in [4.69, 9.17) is 14.2 Å². The van der Waals surface area contributed by atoms with Crippen molar-refractivity contribution in [2.45, 2.75) is 52.0 Å². The predicted octanol–water partition coefficient (Wildman–Crippen LogP) is 1.97. The molecular weight excluding hydrogens is 297 g/mol. The Morgan fingerprint density at radius 1 is 1.18 bits per heavy atom. The van der Waals surface area contributed by atoms with E-state index in [2.05, 4.69) is 26.6 Å². The SMILES string of the molecule is CBON1C[C@@H](CC)[C@@H](O)[C@@H](COCOCC[Si](C)(C)C)C1. The van der Waals surface area contributed by atoms with Crippen LogP contribution >= 0.6 is 0 Å². The Morgan fingerprint density at radius 2 is 1.86 bits per heavy atom. The van der Waals surface area contributed by atoms with Crippen LogP contribution < -0.4 is 0 Å². The Kier molecular flexibility index (Phi) is 9.20. The highest BCUT2D eigenvalue weighted by atomic mass is 28.3. The van der Waals surface area contributed by atoms with Crippen molar-refractivity contribution < 1.29 is 19.3 Å². The Bertz CT molecular complexity index is 304. The lowest BCUT2D eigenvalue weighted by Gasteiger charge is -2.40. The molecule has 7 heteroatoms. The number of nitrogens with zero attached hydrogens (tertiary/aromatic N) is 1. The normalized spacial score (nSPS) is 27.1. The minimum atomic E-state index is -1.04. The van der Waals surface area contributed by atoms with Gasteiger partial charge in [0.05, 0.1) is 12.7 Å². The monoisotopic (exact) mass is 331 g/mol. The maximum absolute atomic E-state index is 10.4. The van der Waals surface area contributed by atoms with Crippen LogP contribution in [0.15, 0.2) is 0 Å². The van der Waals surface area contributed by atoms with Gasteiger partial charge >= 0.3 is 7.48 Å². The number of piperidine rings is 1. The lowest BCUT2D eigenvalue weighted by molar-refractivity contribution is -0.163. The van der Waals surface area contributed by atoms with E-state index < -0.39 is 8.07 Å². The Labute approximate surface area is 137 Å². The zero-order chi connectivity index (χ0) is 16.6. The zero-order valence-electron chi connectivity index (χ0n) is 15.0. The van der Waals surface area contributed by atoms with Crippen molar-refractivity contribution in [3.8, 4) is 0 Å². The maximum Gasteiger partial charge on any atom is 0.301 e. The fourth-order valence-corrected chi connectivity index (χ4v) is 3.46. The van der Waals surface area contributed by atoms with Crippen molar-refractivity contribution in [3.63, 3.8) is 0 Å². The lowest BCUT2D eigenvalue weighted by atomic mass is 9.85. The van der Waals surface area contributed by atoms with E-state index in [0.29, 0.717) is 20.9 Å². The third-order valence-corrected chi connectivity index (χ3v) is 5.88. The highest BCUT2D eigenvalue weighted by Crippen LogP contribution is 2.25. The topological polar surface area (TPSA) is 51.2 Å². The van der Waals surface area contributed by atoms with Gasteiger partial charge < -0.3 is 19.3 Å². The summed E-state index contributed by atoms with van der Waals surface area (Å²) in [5, 5.41) is 12.4. The molecule has 1 heterocycles. The molecule has 1 fully saturated rings. The average molecular weight is 331 g/mol. The van der Waals surface area contributed by atoms with Crippen molar-refractivity contribution in [1.29, 1.82) is 0 Å². The van der Waals surface area contributed by atoms with Crippen molar-refractivity contribution in [2.24, 2.45) is 11.8 Å². The molecule has 0 aromatic carbocycles. The number of aliphatic hydroxyl groups is 1. The molecule has 1 aliphatic heterocycles. The molecule has 1 aliphatic rings. The minimum absolute atomic E-state index is 0.0887. The van der Waals surface area contributed by atoms with Crippen LogP contribution in [-0.2, 0) is 14.2 Å². The molecule has 0 aliphatic carbocycles. The minimum Gasteiger partial charge on any atom is -0.392 e. The third kappa shape index (κ3) is 7.57. The second kappa shape index (κ2) is 10.1. The standard InChI is InChI=1S/C15H34BNO4Si/c1-6-13-9-17(21-16-2)10-14(15(13)18)11-20-12-19-7-8-22(3,4)5/h13-16,18H,6-12H2,1-5H3/t13-,14-,15-/m1/s1. The van der Waals surface area contributed by atoms with Crippen LogP contribution in [0.4, 0.5) is 0 Å². The van der Waals surface area contributed by atoms with Crippen molar-refractivity contribution in [3.05, 3.63) is 0 Å². The number of hydrogen-bond acceptors (Lipinski definition) is 5. The molecule has 3 atom stereocenters. The van der Waals surface area contributed by atoms with E-state index in [1.165, 1.54) is 0 Å². The first kappa shape index (κ1) is 20.1. The van der Waals surface area contributed by atoms with Gasteiger partial charge in [-0.15, -0.1) is 0 Å². The van der Waals surface area contributed by atoms with Gasteiger partial charge in [0.1, 0.15) is 6.79 Å². The first-order valence-corrected chi connectivity index (χ1v) is 12.3. The summed E-state index contributed by atoms with van der Waals surface area (Å²) in [6, 6.07) is 1.15. The van der Waals surface area contributed by atoms with Crippen molar-refractivity contribution >= 4 is 15.6 Å². The summed E-state index contributed by atoms with van der Waals surface area (Å²) < 4.78 is 16.8. The summed E-state index contributed by atoms with van der Waals surface area (Å²) in [6.45, 7) is 14.2. The molecule has 0 aromatic rings. The molecule has 0 bridgehead atoms. The second-order valence-electron chi connectivity index (χ2n) is 7.39. The van der Waals surface area contributed by atoms with Crippen LogP contribution in [-0.4, -0.2) is 64.9 Å². The Balaban J connectivity index is 2.27. The number of hydroxylamine groups is 2. The molecule has 1 saturated heterocycles. The van der Waals surface area contributed by atoms with Gasteiger partial charge in [0, 0.05) is 33.7 Å². The van der Waals surface area contributed by atoms with Crippen LogP contribution in [0.2, 0.25) is 32.5 Å². The fourth-order valence-electron chi connectivity index (χ4n) is 2.70. The molecular formula is C15H34BNO4Si. The van der Waals surface area contributed by atoms with E-state index in [0.717, 1.165) is 32.2 Å². The predicted molar refractivity (Wildman–Crippen MR) is 93.9 cm³/mol. The zero-order valence-corrected chi connectivity index (χ0v) is 16.0. The Morgan fingerprint density at radius 3 is 2.45 bits per heavy atom. The lowest BCUT2D eigenvalue weighted by Crippen LogP contribution is -2.50. The van der Waals surface area contributed by atoms with Gasteiger partial charge in [0.2, 0.25) is 0 Å². The second-order valence-corrected chi connectivity index (χ2v) is 13.0. The molecule has 130 valence electrons. The van der Waals surface area contributed by atoms with Crippen LogP contribution in [0.1, 0.15) is 13.3 Å². The van der Waals surface area contributed by atoms with Crippen LogP contribution in [0.25, 0.3) is 0 Å². The third-order valence-electron chi connectivity index (χ3n) is 4.17. The van der Waals surface area contributed by atoms with Gasteiger partial charge in [-0.25, -0.2) is 5.06 Å². The summed E-state index contributed by atoms with van der Waals surface area (Å²) in [6.07, 6.45) is 0.636. The van der Waals surface area contributed by atoms with Gasteiger partial charge in [0.15, 0.2) is 0 Å². The molecule has 0 aromatic heterocycles. The number of ether oxygens (including phenoxy) is 2. The summed E-state index contributed by atoms with van der Waals surface area (Å²) >= 11 is 0. The summed E-state index contributed by atoms with van der Waals surface area (Å²) in [5.41, 5.74) is 0. The molecule has 0 amide bonds. The van der Waals surface area contributed by atoms with E-state index in [9.17, 15) is 5.11 Å². The van der Waals surface area contributed by atoms with Crippen molar-refractivity contribution in [1.82, 2.24) is 5.06 Å². The summed E-state index contributed by atoms with van der Waals surface area (Å²) in [7, 11) is -0.370. The van der Waals surface area contributed by atoms with E-state index in [1.807, 2.05) is 11.9 Å². The summed E-state index contributed by atoms with van der Waals surface area (Å²) in [5.74, 6) is 0.340. The maximum atomic E-state index is 10.4. The fraction of sp³-hybridized carbons (Fsp3) is 1.00. The molecule has 0 radical (unpaired) electrons. The number of aliphatic hydroxyl groups excluding tert-OH is 1. The largest absolute Gasteiger partial charge is 0.392 e. The smallest absolute Gasteiger partial charge is 0.301 e. The molecule has 0 unspecified atom stereocenters. The van der Waals surface area contributed by atoms with Gasteiger partial charge in [0.25, 0.3) is 0 Å². The quantitative estimate of drug-likeness (QED) is 0.377. The van der Waals surface area contributed by atoms with Gasteiger partial charge in [-0.2, -0.15) is 0 Å². The van der Waals surface area contributed by atoms with Crippen LogP contribution in [0.3, 0.4) is 0 Å². The van der Waals surface area contributed by atoms with Gasteiger partial charge in [-0.1, -0.05) is 33.4 Å². The van der Waals surface area contributed by atoms with E-state index in [1.54, 1.807) is 0 Å². The summed E-state index contributed by atoms with van der Waals surface area (Å²) in [4.78, 5) is 0. The first-order chi connectivity index (χ1) is 10.4. The number of hydrogen-bond donors (Lipinski definition) is 1. The molecule has 5 nitrogen and oxygen atoms in total. The average Bonchev–Trinajstić information content (AvgIpc) is 2.44. The highest BCUT2D eigenvalue weighted by Gasteiger charge is 2.35. The molecule has 0 spiro atoms. The van der Waals surface area contributed by atoms with E-state index >= 15 is 0 Å². The molecule has 1 rings (SSSR count). The molecule has 22 heavy (non-hydrogen) atoms. The van der Waals surface area contributed by atoms with Crippen LogP contribution in [0, 0.1) is 11.8 Å².